The van der Waals surface area contributed by atoms with Crippen molar-refractivity contribution >= 4 is 11.8 Å². The number of hydrogen-bond donors (Lipinski definition) is 3. The lowest BCUT2D eigenvalue weighted by atomic mass is 9.64. The smallest absolute Gasteiger partial charge is 0.317 e. The summed E-state index contributed by atoms with van der Waals surface area (Å²) >= 11 is 0. The quantitative estimate of drug-likeness (QED) is 0.175. The number of nitrogens with one attached hydrogen (secondary N) is 1. The molecule has 3 N–H and O–H groups in total. The molecule has 7 nitrogen and oxygen atoms in total. The van der Waals surface area contributed by atoms with E-state index in [2.05, 4.69) is 31.3 Å². The highest BCUT2D eigenvalue weighted by atomic mass is 16.5. The van der Waals surface area contributed by atoms with Gasteiger partial charge in [-0.15, -0.1) is 0 Å². The fraction of sp³-hybridized carbons (Fsp3) is 0.568. The Morgan fingerprint density at radius 2 is 1.86 bits per heavy atom. The number of ketones is 1. The number of amides is 2. The largest absolute Gasteiger partial charge is 0.393 e. The molecule has 4 unspecified atom stereocenters. The van der Waals surface area contributed by atoms with E-state index in [1.54, 1.807) is 12.0 Å². The average molecular weight is 605 g/mol. The zero-order valence-electron chi connectivity index (χ0n) is 27.3. The number of aliphatic hydroxyl groups is 2. The van der Waals surface area contributed by atoms with Gasteiger partial charge in [0, 0.05) is 42.8 Å². The van der Waals surface area contributed by atoms with E-state index in [1.165, 1.54) is 5.57 Å². The first-order valence-electron chi connectivity index (χ1n) is 16.3. The van der Waals surface area contributed by atoms with Gasteiger partial charge in [0.25, 0.3) is 0 Å². The predicted molar refractivity (Wildman–Crippen MR) is 175 cm³/mol. The van der Waals surface area contributed by atoms with Crippen LogP contribution in [0.1, 0.15) is 106 Å². The number of rotatable bonds is 9. The van der Waals surface area contributed by atoms with Gasteiger partial charge in [-0.1, -0.05) is 61.0 Å². The van der Waals surface area contributed by atoms with Crippen molar-refractivity contribution in [2.75, 3.05) is 26.8 Å². The number of carbonyl (C=O) groups is 2. The number of nitrogens with zero attached hydrogens (tertiary/aromatic N) is 1. The second-order valence-corrected chi connectivity index (χ2v) is 13.5. The maximum Gasteiger partial charge on any atom is 0.317 e. The highest BCUT2D eigenvalue weighted by molar-refractivity contribution is 6.10. The van der Waals surface area contributed by atoms with Crippen LogP contribution in [0.4, 0.5) is 4.79 Å². The van der Waals surface area contributed by atoms with E-state index in [-0.39, 0.29) is 30.3 Å². The molecule has 0 saturated heterocycles. The molecule has 1 fully saturated rings. The second kappa shape index (κ2) is 14.9. The molecule has 0 spiro atoms. The topological polar surface area (TPSA) is 99.1 Å². The normalized spacial score (nSPS) is 25.7. The first kappa shape index (κ1) is 33.9. The molecule has 5 rings (SSSR count). The number of hydrogen-bond acceptors (Lipinski definition) is 5. The molecular weight excluding hydrogens is 552 g/mol. The van der Waals surface area contributed by atoms with Crippen LogP contribution in [0.25, 0.3) is 0 Å². The minimum atomic E-state index is -1.17. The van der Waals surface area contributed by atoms with Gasteiger partial charge >= 0.3 is 6.03 Å². The number of carbonyl (C=O) groups excluding carboxylic acids is 2. The number of ether oxygens (including phenoxy) is 1. The van der Waals surface area contributed by atoms with Crippen molar-refractivity contribution in [1.82, 2.24) is 10.2 Å². The average Bonchev–Trinajstić information content (AvgIpc) is 3.24. The van der Waals surface area contributed by atoms with E-state index in [4.69, 9.17) is 4.74 Å². The lowest BCUT2D eigenvalue weighted by Gasteiger charge is -2.46. The van der Waals surface area contributed by atoms with Crippen LogP contribution in [0, 0.1) is 5.41 Å². The molecule has 2 aromatic carbocycles. The van der Waals surface area contributed by atoms with Crippen LogP contribution in [0.5, 0.6) is 0 Å². The van der Waals surface area contributed by atoms with Crippen LogP contribution in [-0.2, 0) is 11.2 Å². The maximum atomic E-state index is 14.1. The van der Waals surface area contributed by atoms with Crippen molar-refractivity contribution in [3.63, 3.8) is 0 Å². The summed E-state index contributed by atoms with van der Waals surface area (Å²) in [6.07, 6.45) is 7.02. The molecule has 2 aromatic rings. The Balaban J connectivity index is 1.80. The van der Waals surface area contributed by atoms with E-state index < -0.39 is 17.1 Å². The van der Waals surface area contributed by atoms with Crippen molar-refractivity contribution in [2.24, 2.45) is 5.41 Å². The Bertz CT molecular complexity index is 1310. The number of methoxy groups -OCH3 is 1. The van der Waals surface area contributed by atoms with Gasteiger partial charge in [0.05, 0.1) is 18.2 Å². The monoisotopic (exact) mass is 604 g/mol. The third-order valence-electron chi connectivity index (χ3n) is 9.88. The van der Waals surface area contributed by atoms with E-state index in [0.29, 0.717) is 62.8 Å². The van der Waals surface area contributed by atoms with Gasteiger partial charge in [-0.25, -0.2) is 4.79 Å². The van der Waals surface area contributed by atoms with Crippen molar-refractivity contribution in [3.05, 3.63) is 82.4 Å². The molecule has 240 valence electrons. The first-order valence-corrected chi connectivity index (χ1v) is 16.3. The molecule has 0 heterocycles. The molecule has 7 heteroatoms. The molecule has 0 aromatic heterocycles. The minimum Gasteiger partial charge on any atom is -0.393 e. The van der Waals surface area contributed by atoms with Gasteiger partial charge in [-0.3, -0.25) is 4.79 Å². The molecule has 44 heavy (non-hydrogen) atoms. The summed E-state index contributed by atoms with van der Waals surface area (Å²) in [6, 6.07) is 15.2. The lowest BCUT2D eigenvalue weighted by molar-refractivity contribution is -0.0775. The molecule has 0 aliphatic heterocycles. The van der Waals surface area contributed by atoms with Crippen LogP contribution in [0.15, 0.2) is 60.2 Å². The number of allylic oxidation sites excluding steroid dienone is 2. The molecule has 0 radical (unpaired) electrons. The molecule has 3 aliphatic rings. The van der Waals surface area contributed by atoms with E-state index in [9.17, 15) is 19.8 Å². The Morgan fingerprint density at radius 3 is 2.57 bits per heavy atom. The minimum absolute atomic E-state index is 0.0277. The molecular formula is C37H52N2O5. The molecule has 3 aliphatic carbocycles. The maximum absolute atomic E-state index is 14.1. The Labute approximate surface area is 263 Å². The summed E-state index contributed by atoms with van der Waals surface area (Å²) in [4.78, 5) is 29.2. The summed E-state index contributed by atoms with van der Waals surface area (Å²) in [5.74, 6) is -0.144. The van der Waals surface area contributed by atoms with Crippen LogP contribution < -0.4 is 5.32 Å². The molecule has 4 atom stereocenters. The van der Waals surface area contributed by atoms with Gasteiger partial charge in [-0.05, 0) is 95.2 Å². The Morgan fingerprint density at radius 1 is 1.11 bits per heavy atom. The Hall–Kier alpha value is -3.00. The van der Waals surface area contributed by atoms with Gasteiger partial charge in [0.15, 0.2) is 5.78 Å². The summed E-state index contributed by atoms with van der Waals surface area (Å²) in [5.41, 5.74) is 2.58. The Kier molecular flexibility index (Phi) is 11.4. The summed E-state index contributed by atoms with van der Waals surface area (Å²) in [7, 11) is 1.65. The first-order chi connectivity index (χ1) is 21.0. The molecule has 1 saturated carbocycles. The fourth-order valence-corrected chi connectivity index (χ4v) is 7.25. The van der Waals surface area contributed by atoms with Gasteiger partial charge in [0.1, 0.15) is 0 Å². The number of benzene rings is 2. The van der Waals surface area contributed by atoms with Crippen LogP contribution >= 0.6 is 0 Å². The summed E-state index contributed by atoms with van der Waals surface area (Å²) in [6.45, 7) is 9.35. The van der Waals surface area contributed by atoms with E-state index >= 15 is 0 Å². The van der Waals surface area contributed by atoms with Gasteiger partial charge < -0.3 is 25.2 Å². The summed E-state index contributed by atoms with van der Waals surface area (Å²) in [5, 5.41) is 26.5. The fourth-order valence-electron chi connectivity index (χ4n) is 7.25. The highest BCUT2D eigenvalue weighted by Gasteiger charge is 2.57. The molecule has 2 amide bonds. The number of fused-ring (bicyclic) bond motifs is 8. The summed E-state index contributed by atoms with van der Waals surface area (Å²) < 4.78 is 5.28. The van der Waals surface area contributed by atoms with E-state index in [0.717, 1.165) is 24.0 Å². The second-order valence-electron chi connectivity index (χ2n) is 13.5. The lowest BCUT2D eigenvalue weighted by Crippen LogP contribution is -2.56. The standard InChI is InChI=1S/C37H52N2O5/c1-26(2)38-35(42)39(21-10-22-44-5)25-37(43)20-18-33-31-17-15-28(24-32(31)34(41)29-12-7-6-8-13-29)23-30(40)16-14-27(3)11-9-19-36(33,37)4/h6-8,11-13,15,17,24,26,30,33,40,43H,9-10,14,16,18-23,25H2,1-5H3,(H,38,42). The zero-order valence-corrected chi connectivity index (χ0v) is 27.3. The van der Waals surface area contributed by atoms with Crippen LogP contribution in [0.2, 0.25) is 0 Å². The molecule has 2 bridgehead atoms. The highest BCUT2D eigenvalue weighted by Crippen LogP contribution is 2.58. The zero-order chi connectivity index (χ0) is 31.9. The van der Waals surface area contributed by atoms with Crippen LogP contribution in [0.3, 0.4) is 0 Å². The SMILES string of the molecule is COCCCN(CC1(O)CCC2c3ccc(cc3C(=O)c3ccccc3)CC(O)CCC(C)=CCCC21C)C(=O)NC(C)C. The van der Waals surface area contributed by atoms with Crippen molar-refractivity contribution in [2.45, 2.75) is 103 Å². The van der Waals surface area contributed by atoms with Crippen molar-refractivity contribution in [3.8, 4) is 0 Å². The van der Waals surface area contributed by atoms with E-state index in [1.807, 2.05) is 56.3 Å². The van der Waals surface area contributed by atoms with Crippen LogP contribution in [-0.4, -0.2) is 71.5 Å². The number of aliphatic hydroxyl groups excluding tert-OH is 1. The van der Waals surface area contributed by atoms with Crippen molar-refractivity contribution < 1.29 is 24.5 Å². The third-order valence-corrected chi connectivity index (χ3v) is 9.88. The predicted octanol–water partition coefficient (Wildman–Crippen LogP) is 6.41. The van der Waals surface area contributed by atoms with Gasteiger partial charge in [0.2, 0.25) is 0 Å². The van der Waals surface area contributed by atoms with Crippen molar-refractivity contribution in [1.29, 1.82) is 0 Å². The van der Waals surface area contributed by atoms with Gasteiger partial charge in [-0.2, -0.15) is 0 Å². The third kappa shape index (κ3) is 7.79. The number of urea groups is 1.